The molecule has 1 aromatic carbocycles. The van der Waals surface area contributed by atoms with E-state index >= 15 is 0 Å². The zero-order valence-corrected chi connectivity index (χ0v) is 12.8. The molecular weight excluding hydrogens is 308 g/mol. The number of rotatable bonds is 2. The summed E-state index contributed by atoms with van der Waals surface area (Å²) in [6, 6.07) is 10.8. The number of benzene rings is 1. The first-order valence-electron chi connectivity index (χ1n) is 6.03. The van der Waals surface area contributed by atoms with E-state index in [0.29, 0.717) is 0 Å². The molecule has 0 radical (unpaired) electrons. The molecule has 3 rings (SSSR count). The summed E-state index contributed by atoms with van der Waals surface area (Å²) in [4.78, 5) is 1.62. The Morgan fingerprint density at radius 1 is 1.33 bits per heavy atom. The van der Waals surface area contributed by atoms with E-state index in [1.165, 1.54) is 16.0 Å². The summed E-state index contributed by atoms with van der Waals surface area (Å²) in [5, 5.41) is 2.12. The third-order valence-corrected chi connectivity index (χ3v) is 5.67. The zero-order valence-electron chi connectivity index (χ0n) is 10.4. The number of hydrogen-bond donors (Lipinski definition) is 0. The lowest BCUT2D eigenvalue weighted by Crippen LogP contribution is -2.18. The van der Waals surface area contributed by atoms with Gasteiger partial charge in [-0.2, -0.15) is 0 Å². The molecule has 2 aromatic rings. The van der Waals surface area contributed by atoms with Crippen LogP contribution in [0.4, 0.5) is 0 Å². The molecule has 3 heteroatoms. The minimum absolute atomic E-state index is 0.119. The van der Waals surface area contributed by atoms with Crippen LogP contribution in [0.5, 0.6) is 5.75 Å². The molecule has 0 saturated heterocycles. The lowest BCUT2D eigenvalue weighted by atomic mass is 9.86. The van der Waals surface area contributed by atoms with Crippen LogP contribution in [-0.4, -0.2) is 6.61 Å². The van der Waals surface area contributed by atoms with E-state index < -0.39 is 0 Å². The van der Waals surface area contributed by atoms with Gasteiger partial charge in [0.2, 0.25) is 0 Å². The Labute approximate surface area is 120 Å². The predicted molar refractivity (Wildman–Crippen MR) is 80.1 cm³/mol. The first kappa shape index (κ1) is 12.2. The summed E-state index contributed by atoms with van der Waals surface area (Å²) in [5.41, 5.74) is 2.74. The van der Waals surface area contributed by atoms with Crippen LogP contribution in [0.1, 0.15) is 34.7 Å². The first-order chi connectivity index (χ1) is 8.58. The van der Waals surface area contributed by atoms with Gasteiger partial charge in [-0.05, 0) is 29.1 Å². The molecule has 1 atom stereocenters. The minimum Gasteiger partial charge on any atom is -0.492 e. The second-order valence-corrected chi connectivity index (χ2v) is 7.20. The van der Waals surface area contributed by atoms with Crippen LogP contribution < -0.4 is 4.74 Å². The highest BCUT2D eigenvalue weighted by Gasteiger charge is 2.32. The van der Waals surface area contributed by atoms with E-state index in [9.17, 15) is 0 Å². The fourth-order valence-electron chi connectivity index (χ4n) is 2.30. The molecule has 0 saturated carbocycles. The fraction of sp³-hybridized carbons (Fsp3) is 0.333. The molecule has 1 nitrogen and oxygen atoms in total. The first-order valence-corrected chi connectivity index (χ1v) is 7.82. The van der Waals surface area contributed by atoms with Crippen molar-refractivity contribution in [2.45, 2.75) is 24.1 Å². The third kappa shape index (κ3) is 1.99. The van der Waals surface area contributed by atoms with E-state index in [2.05, 4.69) is 65.5 Å². The normalized spacial score (nSPS) is 18.2. The van der Waals surface area contributed by atoms with Gasteiger partial charge >= 0.3 is 0 Å². The Morgan fingerprint density at radius 2 is 2.17 bits per heavy atom. The van der Waals surface area contributed by atoms with E-state index in [4.69, 9.17) is 4.74 Å². The number of halogens is 1. The molecular formula is C15H15BrOS. The van der Waals surface area contributed by atoms with Gasteiger partial charge in [-0.25, -0.2) is 0 Å². The third-order valence-electron chi connectivity index (χ3n) is 3.41. The number of thiophene rings is 1. The molecule has 2 heterocycles. The molecule has 0 aliphatic carbocycles. The molecule has 94 valence electrons. The number of hydrogen-bond acceptors (Lipinski definition) is 2. The van der Waals surface area contributed by atoms with Gasteiger partial charge < -0.3 is 4.74 Å². The van der Waals surface area contributed by atoms with Crippen LogP contribution in [-0.2, 0) is 5.41 Å². The Balaban J connectivity index is 2.00. The van der Waals surface area contributed by atoms with Crippen LogP contribution in [0.15, 0.2) is 35.7 Å². The average molecular weight is 323 g/mol. The summed E-state index contributed by atoms with van der Waals surface area (Å²) < 4.78 is 5.73. The summed E-state index contributed by atoms with van der Waals surface area (Å²) in [6.45, 7) is 5.24. The minimum atomic E-state index is 0.119. The average Bonchev–Trinajstić information content (AvgIpc) is 2.97. The summed E-state index contributed by atoms with van der Waals surface area (Å²) >= 11 is 5.57. The Morgan fingerprint density at radius 3 is 2.89 bits per heavy atom. The monoisotopic (exact) mass is 322 g/mol. The van der Waals surface area contributed by atoms with Gasteiger partial charge in [-0.3, -0.25) is 0 Å². The van der Waals surface area contributed by atoms with E-state index in [1.54, 1.807) is 11.3 Å². The van der Waals surface area contributed by atoms with Crippen molar-refractivity contribution in [3.63, 3.8) is 0 Å². The number of alkyl halides is 1. The van der Waals surface area contributed by atoms with E-state index in [0.717, 1.165) is 12.4 Å². The Hall–Kier alpha value is -0.800. The topological polar surface area (TPSA) is 9.23 Å². The Kier molecular flexibility index (Phi) is 2.99. The lowest BCUT2D eigenvalue weighted by molar-refractivity contribution is 0.291. The van der Waals surface area contributed by atoms with Gasteiger partial charge in [0.1, 0.15) is 5.75 Å². The van der Waals surface area contributed by atoms with Crippen LogP contribution in [0, 0.1) is 0 Å². The lowest BCUT2D eigenvalue weighted by Gasteiger charge is -2.17. The van der Waals surface area contributed by atoms with Gasteiger partial charge in [0.05, 0.1) is 11.4 Å². The van der Waals surface area contributed by atoms with Gasteiger partial charge in [0, 0.05) is 15.9 Å². The van der Waals surface area contributed by atoms with Crippen molar-refractivity contribution in [2.75, 3.05) is 6.61 Å². The maximum Gasteiger partial charge on any atom is 0.123 e. The van der Waals surface area contributed by atoms with Crippen LogP contribution >= 0.6 is 27.3 Å². The van der Waals surface area contributed by atoms with Gasteiger partial charge in [0.15, 0.2) is 0 Å². The van der Waals surface area contributed by atoms with Crippen molar-refractivity contribution >= 4 is 27.3 Å². The van der Waals surface area contributed by atoms with Gasteiger partial charge in [0.25, 0.3) is 0 Å². The highest BCUT2D eigenvalue weighted by atomic mass is 79.9. The van der Waals surface area contributed by atoms with Crippen LogP contribution in [0.2, 0.25) is 0 Å². The van der Waals surface area contributed by atoms with Crippen molar-refractivity contribution < 1.29 is 4.74 Å². The molecule has 0 spiro atoms. The zero-order chi connectivity index (χ0) is 12.8. The van der Waals surface area contributed by atoms with Crippen molar-refractivity contribution in [2.24, 2.45) is 0 Å². The second-order valence-electron chi connectivity index (χ2n) is 5.31. The largest absolute Gasteiger partial charge is 0.492 e. The van der Waals surface area contributed by atoms with Crippen LogP contribution in [0.3, 0.4) is 0 Å². The quantitative estimate of drug-likeness (QED) is 0.714. The van der Waals surface area contributed by atoms with Crippen molar-refractivity contribution in [1.82, 2.24) is 0 Å². The fourth-order valence-corrected chi connectivity index (χ4v) is 3.78. The van der Waals surface area contributed by atoms with E-state index in [-0.39, 0.29) is 10.2 Å². The Bertz CT molecular complexity index is 560. The molecule has 1 aliphatic heterocycles. The summed E-state index contributed by atoms with van der Waals surface area (Å²) in [5.74, 6) is 1.04. The maximum absolute atomic E-state index is 5.73. The molecule has 0 fully saturated rings. The smallest absolute Gasteiger partial charge is 0.123 e. The molecule has 0 amide bonds. The SMILES string of the molecule is CC1(C)COc2ccc(C(Br)c3cccs3)cc21. The highest BCUT2D eigenvalue weighted by molar-refractivity contribution is 9.09. The maximum atomic E-state index is 5.73. The number of fused-ring (bicyclic) bond motifs is 1. The predicted octanol–water partition coefficient (Wildman–Crippen LogP) is 4.90. The molecule has 1 unspecified atom stereocenters. The molecule has 1 aliphatic rings. The van der Waals surface area contributed by atoms with Crippen molar-refractivity contribution in [3.05, 3.63) is 51.7 Å². The molecule has 0 bridgehead atoms. The number of ether oxygens (including phenoxy) is 1. The summed E-state index contributed by atoms with van der Waals surface area (Å²) in [6.07, 6.45) is 0. The molecule has 18 heavy (non-hydrogen) atoms. The van der Waals surface area contributed by atoms with Crippen LogP contribution in [0.25, 0.3) is 0 Å². The van der Waals surface area contributed by atoms with Crippen molar-refractivity contribution in [1.29, 1.82) is 0 Å². The van der Waals surface area contributed by atoms with Crippen molar-refractivity contribution in [3.8, 4) is 5.75 Å². The standard InChI is InChI=1S/C15H15BrOS/c1-15(2)9-17-12-6-5-10(8-11(12)15)14(16)13-4-3-7-18-13/h3-8,14H,9H2,1-2H3. The van der Waals surface area contributed by atoms with Gasteiger partial charge in [-0.1, -0.05) is 41.9 Å². The highest BCUT2D eigenvalue weighted by Crippen LogP contribution is 2.42. The van der Waals surface area contributed by atoms with Gasteiger partial charge in [-0.15, -0.1) is 11.3 Å². The second kappa shape index (κ2) is 4.39. The molecule has 1 aromatic heterocycles. The van der Waals surface area contributed by atoms with E-state index in [1.807, 2.05) is 0 Å². The molecule has 0 N–H and O–H groups in total. The summed E-state index contributed by atoms with van der Waals surface area (Å²) in [7, 11) is 0.